The van der Waals surface area contributed by atoms with Crippen molar-refractivity contribution in [1.82, 2.24) is 9.88 Å². The Morgan fingerprint density at radius 3 is 2.72 bits per heavy atom. The molecule has 1 aromatic carbocycles. The second-order valence-electron chi connectivity index (χ2n) is 6.99. The lowest BCUT2D eigenvalue weighted by molar-refractivity contribution is -0.134. The summed E-state index contributed by atoms with van der Waals surface area (Å²) in [5.41, 5.74) is 1.40. The SMILES string of the molecule is CN1C[C@@H](c2ccccc2)[C@]2(CCN(c3ccc(C#N)cn3)C2)C1=O. The molecule has 2 saturated heterocycles. The molecule has 2 aromatic rings. The van der Waals surface area contributed by atoms with Crippen LogP contribution in [-0.2, 0) is 4.79 Å². The van der Waals surface area contributed by atoms with Crippen LogP contribution in [0.3, 0.4) is 0 Å². The summed E-state index contributed by atoms with van der Waals surface area (Å²) in [4.78, 5) is 21.5. The van der Waals surface area contributed by atoms with E-state index in [-0.39, 0.29) is 17.2 Å². The predicted octanol–water partition coefficient (Wildman–Crippen LogP) is 2.41. The van der Waals surface area contributed by atoms with E-state index in [1.165, 1.54) is 5.56 Å². The lowest BCUT2D eigenvalue weighted by Gasteiger charge is -2.29. The van der Waals surface area contributed by atoms with E-state index in [0.717, 1.165) is 25.3 Å². The van der Waals surface area contributed by atoms with Crippen LogP contribution in [0.5, 0.6) is 0 Å². The highest BCUT2D eigenvalue weighted by Gasteiger charge is 2.56. The summed E-state index contributed by atoms with van der Waals surface area (Å²) in [5, 5.41) is 8.93. The highest BCUT2D eigenvalue weighted by molar-refractivity contribution is 5.88. The van der Waals surface area contributed by atoms with Crippen molar-refractivity contribution in [3.63, 3.8) is 0 Å². The molecular formula is C20H20N4O. The van der Waals surface area contributed by atoms with Gasteiger partial charge in [-0.15, -0.1) is 0 Å². The zero-order valence-electron chi connectivity index (χ0n) is 14.2. The average Bonchev–Trinajstić information content (AvgIpc) is 3.21. The van der Waals surface area contributed by atoms with Crippen LogP contribution >= 0.6 is 0 Å². The molecule has 0 aliphatic carbocycles. The number of hydrogen-bond donors (Lipinski definition) is 0. The van der Waals surface area contributed by atoms with Gasteiger partial charge in [-0.3, -0.25) is 4.79 Å². The molecule has 0 saturated carbocycles. The van der Waals surface area contributed by atoms with Gasteiger partial charge in [0.05, 0.1) is 11.0 Å². The van der Waals surface area contributed by atoms with Crippen molar-refractivity contribution in [3.8, 4) is 6.07 Å². The highest BCUT2D eigenvalue weighted by atomic mass is 16.2. The van der Waals surface area contributed by atoms with Gasteiger partial charge in [0.2, 0.25) is 5.91 Å². The first-order valence-electron chi connectivity index (χ1n) is 8.56. The maximum atomic E-state index is 13.0. The van der Waals surface area contributed by atoms with E-state index in [1.807, 2.05) is 36.2 Å². The number of anilines is 1. The van der Waals surface area contributed by atoms with Crippen molar-refractivity contribution >= 4 is 11.7 Å². The molecule has 0 N–H and O–H groups in total. The van der Waals surface area contributed by atoms with Crippen molar-refractivity contribution in [1.29, 1.82) is 5.26 Å². The largest absolute Gasteiger partial charge is 0.355 e. The number of benzene rings is 1. The average molecular weight is 332 g/mol. The van der Waals surface area contributed by atoms with Crippen LogP contribution in [0.2, 0.25) is 0 Å². The molecule has 1 spiro atoms. The maximum Gasteiger partial charge on any atom is 0.231 e. The third-order valence-corrected chi connectivity index (χ3v) is 5.60. The zero-order chi connectivity index (χ0) is 17.4. The normalized spacial score (nSPS) is 25.6. The van der Waals surface area contributed by atoms with Crippen LogP contribution in [0.1, 0.15) is 23.5 Å². The third-order valence-electron chi connectivity index (χ3n) is 5.60. The number of nitrogens with zero attached hydrogens (tertiary/aromatic N) is 4. The van der Waals surface area contributed by atoms with Crippen LogP contribution in [-0.4, -0.2) is 42.5 Å². The smallest absolute Gasteiger partial charge is 0.231 e. The Balaban J connectivity index is 1.65. The number of nitriles is 1. The minimum atomic E-state index is -0.383. The minimum Gasteiger partial charge on any atom is -0.355 e. The first kappa shape index (κ1) is 15.6. The maximum absolute atomic E-state index is 13.0. The number of rotatable bonds is 2. The van der Waals surface area contributed by atoms with Crippen LogP contribution in [0, 0.1) is 16.7 Å². The Bertz CT molecular complexity index is 827. The van der Waals surface area contributed by atoms with Gasteiger partial charge >= 0.3 is 0 Å². The second-order valence-corrected chi connectivity index (χ2v) is 6.99. The van der Waals surface area contributed by atoms with E-state index in [9.17, 15) is 4.79 Å². The fourth-order valence-electron chi connectivity index (χ4n) is 4.30. The Kier molecular flexibility index (Phi) is 3.69. The van der Waals surface area contributed by atoms with E-state index in [1.54, 1.807) is 12.3 Å². The zero-order valence-corrected chi connectivity index (χ0v) is 14.2. The molecule has 126 valence electrons. The van der Waals surface area contributed by atoms with Gasteiger partial charge in [0, 0.05) is 38.8 Å². The number of carbonyl (C=O) groups excluding carboxylic acids is 1. The number of pyridine rings is 1. The molecule has 4 rings (SSSR count). The van der Waals surface area contributed by atoms with Crippen molar-refractivity contribution in [3.05, 3.63) is 59.8 Å². The lowest BCUT2D eigenvalue weighted by atomic mass is 9.73. The molecule has 3 heterocycles. The standard InChI is InChI=1S/C20H20N4O/c1-23-13-17(16-5-3-2-4-6-16)20(19(23)25)9-10-24(14-20)18-8-7-15(11-21)12-22-18/h2-8,12,17H,9-10,13-14H2,1H3/t17-,20+/m0/s1. The van der Waals surface area contributed by atoms with Crippen molar-refractivity contribution in [2.45, 2.75) is 12.3 Å². The van der Waals surface area contributed by atoms with E-state index < -0.39 is 0 Å². The first-order chi connectivity index (χ1) is 12.1. The van der Waals surface area contributed by atoms with Gasteiger partial charge in [-0.1, -0.05) is 30.3 Å². The summed E-state index contributed by atoms with van der Waals surface area (Å²) in [6, 6.07) is 16.1. The molecule has 25 heavy (non-hydrogen) atoms. The quantitative estimate of drug-likeness (QED) is 0.847. The molecule has 2 fully saturated rings. The van der Waals surface area contributed by atoms with Crippen LogP contribution in [0.15, 0.2) is 48.7 Å². The molecule has 2 atom stereocenters. The van der Waals surface area contributed by atoms with Crippen molar-refractivity contribution < 1.29 is 4.79 Å². The van der Waals surface area contributed by atoms with E-state index in [4.69, 9.17) is 5.26 Å². The first-order valence-corrected chi connectivity index (χ1v) is 8.56. The lowest BCUT2D eigenvalue weighted by Crippen LogP contribution is -2.38. The van der Waals surface area contributed by atoms with Crippen LogP contribution in [0.4, 0.5) is 5.82 Å². The Labute approximate surface area is 147 Å². The molecular weight excluding hydrogens is 312 g/mol. The van der Waals surface area contributed by atoms with Crippen molar-refractivity contribution in [2.75, 3.05) is 31.6 Å². The topological polar surface area (TPSA) is 60.2 Å². The van der Waals surface area contributed by atoms with Gasteiger partial charge in [0.25, 0.3) is 0 Å². The molecule has 1 amide bonds. The molecule has 0 radical (unpaired) electrons. The molecule has 2 aliphatic rings. The van der Waals surface area contributed by atoms with Gasteiger partial charge in [0.15, 0.2) is 0 Å². The summed E-state index contributed by atoms with van der Waals surface area (Å²) >= 11 is 0. The number of aromatic nitrogens is 1. The Morgan fingerprint density at radius 1 is 1.24 bits per heavy atom. The number of likely N-dealkylation sites (N-methyl/N-ethyl adjacent to an activating group) is 1. The molecule has 5 heteroatoms. The summed E-state index contributed by atoms with van der Waals surface area (Å²) in [7, 11) is 1.90. The Morgan fingerprint density at radius 2 is 2.04 bits per heavy atom. The second kappa shape index (κ2) is 5.89. The summed E-state index contributed by atoms with van der Waals surface area (Å²) in [6.07, 6.45) is 2.43. The fraction of sp³-hybridized carbons (Fsp3) is 0.350. The Hall–Kier alpha value is -2.87. The van der Waals surface area contributed by atoms with Crippen molar-refractivity contribution in [2.24, 2.45) is 5.41 Å². The van der Waals surface area contributed by atoms with Crippen LogP contribution < -0.4 is 4.90 Å². The number of amides is 1. The van der Waals surface area contributed by atoms with Gasteiger partial charge in [-0.05, 0) is 24.1 Å². The number of carbonyl (C=O) groups is 1. The predicted molar refractivity (Wildman–Crippen MR) is 95.0 cm³/mol. The highest BCUT2D eigenvalue weighted by Crippen LogP contribution is 2.50. The summed E-state index contributed by atoms with van der Waals surface area (Å²) in [5.74, 6) is 1.28. The number of hydrogen-bond acceptors (Lipinski definition) is 4. The summed E-state index contributed by atoms with van der Waals surface area (Å²) in [6.45, 7) is 2.24. The van der Waals surface area contributed by atoms with E-state index >= 15 is 0 Å². The number of likely N-dealkylation sites (tertiary alicyclic amines) is 1. The van der Waals surface area contributed by atoms with Crippen LogP contribution in [0.25, 0.3) is 0 Å². The monoisotopic (exact) mass is 332 g/mol. The van der Waals surface area contributed by atoms with E-state index in [2.05, 4.69) is 28.1 Å². The molecule has 0 unspecified atom stereocenters. The minimum absolute atomic E-state index is 0.203. The third kappa shape index (κ3) is 2.45. The molecule has 0 bridgehead atoms. The van der Waals surface area contributed by atoms with Gasteiger partial charge < -0.3 is 9.80 Å². The summed E-state index contributed by atoms with van der Waals surface area (Å²) < 4.78 is 0. The van der Waals surface area contributed by atoms with Gasteiger partial charge in [-0.25, -0.2) is 4.98 Å². The molecule has 2 aliphatic heterocycles. The molecule has 5 nitrogen and oxygen atoms in total. The molecule has 1 aromatic heterocycles. The van der Waals surface area contributed by atoms with E-state index in [0.29, 0.717) is 12.1 Å². The van der Waals surface area contributed by atoms with Gasteiger partial charge in [0.1, 0.15) is 11.9 Å². The van der Waals surface area contributed by atoms with Gasteiger partial charge in [-0.2, -0.15) is 5.26 Å². The fourth-order valence-corrected chi connectivity index (χ4v) is 4.30.